The van der Waals surface area contributed by atoms with Crippen molar-refractivity contribution < 1.29 is 4.79 Å². The Morgan fingerprint density at radius 2 is 1.86 bits per heavy atom. The fraction of sp³-hybridized carbons (Fsp3) is 0.455. The zero-order valence-electron chi connectivity index (χ0n) is 17.0. The van der Waals surface area contributed by atoms with E-state index in [0.717, 1.165) is 57.9 Å². The molecular weight excluding hydrogens is 350 g/mol. The van der Waals surface area contributed by atoms with Crippen molar-refractivity contribution in [3.05, 3.63) is 59.9 Å². The second kappa shape index (κ2) is 10.2. The molecule has 150 valence electrons. The number of pyridine rings is 1. The minimum atomic E-state index is 0.0730. The van der Waals surface area contributed by atoms with Crippen molar-refractivity contribution in [3.8, 4) is 0 Å². The number of piperazine rings is 1. The molecule has 0 bridgehead atoms. The summed E-state index contributed by atoms with van der Waals surface area (Å²) in [6.07, 6.45) is 4.50. The predicted molar refractivity (Wildman–Crippen MR) is 114 cm³/mol. The van der Waals surface area contributed by atoms with Crippen LogP contribution in [0, 0.1) is 0 Å². The third kappa shape index (κ3) is 6.04. The lowest BCUT2D eigenvalue weighted by Gasteiger charge is -2.34. The topological polar surface area (TPSA) is 51.7 Å². The monoisotopic (exact) mass is 381 g/mol. The van der Waals surface area contributed by atoms with Crippen molar-refractivity contribution in [2.45, 2.75) is 13.0 Å². The summed E-state index contributed by atoms with van der Waals surface area (Å²) in [5.41, 5.74) is 2.89. The maximum Gasteiger partial charge on any atom is 0.255 e. The van der Waals surface area contributed by atoms with Gasteiger partial charge in [-0.05, 0) is 38.7 Å². The second-order valence-electron chi connectivity index (χ2n) is 7.60. The first-order valence-electron chi connectivity index (χ1n) is 10.0. The van der Waals surface area contributed by atoms with Gasteiger partial charge in [-0.3, -0.25) is 14.7 Å². The molecule has 6 heteroatoms. The molecule has 1 N–H and O–H groups in total. The minimum Gasteiger partial charge on any atom is -0.384 e. The number of amides is 1. The van der Waals surface area contributed by atoms with Crippen LogP contribution in [-0.2, 0) is 6.54 Å². The maximum atomic E-state index is 12.9. The molecule has 28 heavy (non-hydrogen) atoms. The Morgan fingerprint density at radius 3 is 2.57 bits per heavy atom. The van der Waals surface area contributed by atoms with E-state index in [0.29, 0.717) is 5.56 Å². The van der Waals surface area contributed by atoms with Gasteiger partial charge in [-0.25, -0.2) is 0 Å². The molecule has 0 atom stereocenters. The number of hydrogen-bond donors (Lipinski definition) is 1. The van der Waals surface area contributed by atoms with Crippen LogP contribution in [0.3, 0.4) is 0 Å². The quantitative estimate of drug-likeness (QED) is 0.712. The van der Waals surface area contributed by atoms with Crippen LogP contribution in [0.25, 0.3) is 0 Å². The van der Waals surface area contributed by atoms with E-state index >= 15 is 0 Å². The third-order valence-electron chi connectivity index (χ3n) is 5.00. The van der Waals surface area contributed by atoms with E-state index in [1.807, 2.05) is 17.0 Å². The molecule has 1 amide bonds. The Morgan fingerprint density at radius 1 is 1.11 bits per heavy atom. The molecule has 0 radical (unpaired) electrons. The number of rotatable bonds is 8. The van der Waals surface area contributed by atoms with Crippen LogP contribution in [-0.4, -0.2) is 79.0 Å². The van der Waals surface area contributed by atoms with E-state index in [1.54, 1.807) is 12.4 Å². The highest BCUT2D eigenvalue weighted by molar-refractivity contribution is 5.94. The maximum absolute atomic E-state index is 12.9. The first-order valence-corrected chi connectivity index (χ1v) is 10.0. The number of carbonyl (C=O) groups excluding carboxylic acids is 1. The number of anilines is 1. The highest BCUT2D eigenvalue weighted by Gasteiger charge is 2.22. The normalized spacial score (nSPS) is 15.0. The van der Waals surface area contributed by atoms with Crippen LogP contribution < -0.4 is 5.32 Å². The molecule has 1 saturated heterocycles. The Balaban J connectivity index is 1.48. The lowest BCUT2D eigenvalue weighted by molar-refractivity contribution is 0.0628. The molecular formula is C22H31N5O. The van der Waals surface area contributed by atoms with Crippen molar-refractivity contribution >= 4 is 11.6 Å². The number of hydrogen-bond acceptors (Lipinski definition) is 5. The zero-order chi connectivity index (χ0) is 19.8. The van der Waals surface area contributed by atoms with Gasteiger partial charge >= 0.3 is 0 Å². The fourth-order valence-corrected chi connectivity index (χ4v) is 3.41. The predicted octanol–water partition coefficient (Wildman–Crippen LogP) is 2.40. The van der Waals surface area contributed by atoms with Gasteiger partial charge < -0.3 is 15.1 Å². The van der Waals surface area contributed by atoms with Gasteiger partial charge in [0.05, 0.1) is 11.3 Å². The van der Waals surface area contributed by atoms with Gasteiger partial charge in [-0.1, -0.05) is 30.3 Å². The number of aromatic nitrogens is 1. The van der Waals surface area contributed by atoms with Crippen LogP contribution in [0.15, 0.2) is 48.8 Å². The van der Waals surface area contributed by atoms with Crippen LogP contribution in [0.4, 0.5) is 5.69 Å². The van der Waals surface area contributed by atoms with E-state index in [9.17, 15) is 4.79 Å². The molecule has 1 fully saturated rings. The summed E-state index contributed by atoms with van der Waals surface area (Å²) < 4.78 is 0. The van der Waals surface area contributed by atoms with Gasteiger partial charge in [0.15, 0.2) is 0 Å². The number of nitrogens with zero attached hydrogens (tertiary/aromatic N) is 4. The first kappa shape index (κ1) is 20.3. The zero-order valence-corrected chi connectivity index (χ0v) is 17.0. The van der Waals surface area contributed by atoms with Gasteiger partial charge in [0.1, 0.15) is 0 Å². The molecule has 0 aliphatic carbocycles. The molecule has 1 aliphatic heterocycles. The lowest BCUT2D eigenvalue weighted by atomic mass is 10.2. The van der Waals surface area contributed by atoms with E-state index in [-0.39, 0.29) is 5.91 Å². The summed E-state index contributed by atoms with van der Waals surface area (Å²) in [7, 11) is 4.14. The minimum absolute atomic E-state index is 0.0730. The smallest absolute Gasteiger partial charge is 0.255 e. The van der Waals surface area contributed by atoms with Gasteiger partial charge in [0, 0.05) is 51.7 Å². The van der Waals surface area contributed by atoms with Crippen LogP contribution in [0.2, 0.25) is 0 Å². The highest BCUT2D eigenvalue weighted by atomic mass is 16.2. The summed E-state index contributed by atoms with van der Waals surface area (Å²) in [5.74, 6) is 0.0730. The molecule has 2 heterocycles. The molecule has 1 aliphatic rings. The van der Waals surface area contributed by atoms with Crippen molar-refractivity contribution in [1.29, 1.82) is 0 Å². The Hall–Kier alpha value is -2.44. The Labute approximate surface area is 168 Å². The fourth-order valence-electron chi connectivity index (χ4n) is 3.41. The molecule has 0 saturated carbocycles. The average molecular weight is 382 g/mol. The van der Waals surface area contributed by atoms with Crippen LogP contribution in [0.5, 0.6) is 0 Å². The third-order valence-corrected chi connectivity index (χ3v) is 5.00. The van der Waals surface area contributed by atoms with Crippen molar-refractivity contribution in [1.82, 2.24) is 19.7 Å². The van der Waals surface area contributed by atoms with Crippen molar-refractivity contribution in [2.24, 2.45) is 0 Å². The largest absolute Gasteiger partial charge is 0.384 e. The highest BCUT2D eigenvalue weighted by Crippen LogP contribution is 2.14. The first-order chi connectivity index (χ1) is 13.6. The number of benzene rings is 1. The molecule has 0 unspecified atom stereocenters. The van der Waals surface area contributed by atoms with Gasteiger partial charge in [0.2, 0.25) is 0 Å². The molecule has 3 rings (SSSR count). The Kier molecular flexibility index (Phi) is 7.39. The number of nitrogens with one attached hydrogen (secondary N) is 1. The van der Waals surface area contributed by atoms with Crippen molar-refractivity contribution in [2.75, 3.05) is 58.7 Å². The standard InChI is InChI=1S/C22H31N5O/c1-25(2)10-6-9-24-21-15-20(16-23-17-21)22(28)27-13-11-26(12-14-27)18-19-7-4-3-5-8-19/h3-5,7-8,15-17,24H,6,9-14,18H2,1-2H3. The van der Waals surface area contributed by atoms with Gasteiger partial charge in [-0.15, -0.1) is 0 Å². The summed E-state index contributed by atoms with van der Waals surface area (Å²) in [6, 6.07) is 12.4. The average Bonchev–Trinajstić information content (AvgIpc) is 2.72. The summed E-state index contributed by atoms with van der Waals surface area (Å²) >= 11 is 0. The van der Waals surface area contributed by atoms with E-state index in [2.05, 4.69) is 58.5 Å². The second-order valence-corrected chi connectivity index (χ2v) is 7.60. The van der Waals surface area contributed by atoms with Gasteiger partial charge in [0.25, 0.3) is 5.91 Å². The van der Waals surface area contributed by atoms with E-state index < -0.39 is 0 Å². The summed E-state index contributed by atoms with van der Waals surface area (Å²) in [4.78, 5) is 23.6. The van der Waals surface area contributed by atoms with E-state index in [4.69, 9.17) is 0 Å². The molecule has 0 spiro atoms. The number of carbonyl (C=O) groups is 1. The van der Waals surface area contributed by atoms with Crippen molar-refractivity contribution in [3.63, 3.8) is 0 Å². The molecule has 6 nitrogen and oxygen atoms in total. The molecule has 1 aromatic carbocycles. The van der Waals surface area contributed by atoms with Gasteiger partial charge in [-0.2, -0.15) is 0 Å². The summed E-state index contributed by atoms with van der Waals surface area (Å²) in [6.45, 7) is 6.16. The molecule has 2 aromatic rings. The molecule has 1 aromatic heterocycles. The van der Waals surface area contributed by atoms with Crippen LogP contribution >= 0.6 is 0 Å². The van der Waals surface area contributed by atoms with E-state index in [1.165, 1.54) is 5.56 Å². The van der Waals surface area contributed by atoms with Crippen LogP contribution in [0.1, 0.15) is 22.3 Å². The SMILES string of the molecule is CN(C)CCCNc1cncc(C(=O)N2CCN(Cc3ccccc3)CC2)c1. The Bertz CT molecular complexity index is 742. The summed E-state index contributed by atoms with van der Waals surface area (Å²) in [5, 5.41) is 3.36. The lowest BCUT2D eigenvalue weighted by Crippen LogP contribution is -2.48.